The standard InChI is InChI=1S/C30H42N4O2/c1-3-5-7-9-11-13-19-31-25-17-15-23(21-33-25)27-29(35)28(30(27)36)24-16-18-26(34-22-24)32-20-14-12-10-8-6-4-2/h15-18,21-22,35H,3-14,19-20H2,1-2H3,(H,31,33)/b28-24-,32-26+. The summed E-state index contributed by atoms with van der Waals surface area (Å²) in [6.45, 7) is 6.10. The fraction of sp³-hybridized carbons (Fsp3) is 0.533. The van der Waals surface area contributed by atoms with Gasteiger partial charge in [-0.15, -0.1) is 0 Å². The molecule has 0 bridgehead atoms. The number of pyridine rings is 1. The van der Waals surface area contributed by atoms with Gasteiger partial charge < -0.3 is 10.4 Å². The zero-order valence-corrected chi connectivity index (χ0v) is 22.1. The number of unbranched alkanes of at least 4 members (excludes halogenated alkanes) is 10. The van der Waals surface area contributed by atoms with Crippen LogP contribution in [0.15, 0.2) is 57.4 Å². The van der Waals surface area contributed by atoms with E-state index in [4.69, 9.17) is 0 Å². The molecule has 36 heavy (non-hydrogen) atoms. The first-order chi connectivity index (χ1) is 17.7. The van der Waals surface area contributed by atoms with Gasteiger partial charge in [-0.2, -0.15) is 0 Å². The maximum absolute atomic E-state index is 12.8. The third kappa shape index (κ3) is 8.00. The topological polar surface area (TPSA) is 86.9 Å². The molecule has 1 aliphatic heterocycles. The Morgan fingerprint density at radius 1 is 0.861 bits per heavy atom. The second kappa shape index (κ2) is 15.2. The monoisotopic (exact) mass is 490 g/mol. The number of hydrogen-bond acceptors (Lipinski definition) is 5. The number of hydrogen-bond donors (Lipinski definition) is 2. The molecule has 0 radical (unpaired) electrons. The lowest BCUT2D eigenvalue weighted by molar-refractivity contribution is -0.111. The van der Waals surface area contributed by atoms with Crippen LogP contribution in [-0.2, 0) is 4.79 Å². The summed E-state index contributed by atoms with van der Waals surface area (Å²) in [5, 5.41) is 14.0. The molecule has 0 fully saturated rings. The van der Waals surface area contributed by atoms with Crippen LogP contribution in [0.2, 0.25) is 0 Å². The molecular formula is C30H42N4O2. The van der Waals surface area contributed by atoms with Crippen LogP contribution in [0.4, 0.5) is 5.82 Å². The van der Waals surface area contributed by atoms with E-state index in [0.717, 1.165) is 31.7 Å². The minimum Gasteiger partial charge on any atom is -0.506 e. The molecule has 194 valence electrons. The third-order valence-corrected chi connectivity index (χ3v) is 6.64. The third-order valence-electron chi connectivity index (χ3n) is 6.64. The average Bonchev–Trinajstić information content (AvgIpc) is 2.89. The number of Topliss-reactive ketones (excluding diaryl/α,β-unsaturated/α-hetero) is 1. The van der Waals surface area contributed by atoms with E-state index < -0.39 is 0 Å². The highest BCUT2D eigenvalue weighted by atomic mass is 16.3. The molecule has 1 aliphatic carbocycles. The van der Waals surface area contributed by atoms with Crippen LogP contribution in [0.25, 0.3) is 5.57 Å². The molecule has 0 aromatic carbocycles. The highest BCUT2D eigenvalue weighted by molar-refractivity contribution is 6.40. The van der Waals surface area contributed by atoms with E-state index in [1.165, 1.54) is 64.2 Å². The van der Waals surface area contributed by atoms with Crippen molar-refractivity contribution in [3.8, 4) is 0 Å². The highest BCUT2D eigenvalue weighted by Crippen LogP contribution is 2.38. The Balaban J connectivity index is 1.49. The minimum absolute atomic E-state index is 0.00755. The van der Waals surface area contributed by atoms with Crippen molar-refractivity contribution >= 4 is 29.2 Å². The van der Waals surface area contributed by atoms with E-state index in [9.17, 15) is 9.90 Å². The van der Waals surface area contributed by atoms with Crippen molar-refractivity contribution in [2.24, 2.45) is 9.98 Å². The second-order valence-electron chi connectivity index (χ2n) is 9.61. The first-order valence-electron chi connectivity index (χ1n) is 13.8. The molecule has 0 spiro atoms. The van der Waals surface area contributed by atoms with Crippen molar-refractivity contribution in [2.75, 3.05) is 18.4 Å². The quantitative estimate of drug-likeness (QED) is 0.187. The zero-order valence-electron chi connectivity index (χ0n) is 22.1. The summed E-state index contributed by atoms with van der Waals surface area (Å²) in [5.41, 5.74) is 1.87. The van der Waals surface area contributed by atoms with Gasteiger partial charge in [0.2, 0.25) is 5.78 Å². The summed E-state index contributed by atoms with van der Waals surface area (Å²) in [4.78, 5) is 26.1. The molecule has 0 saturated carbocycles. The van der Waals surface area contributed by atoms with Gasteiger partial charge in [-0.3, -0.25) is 9.79 Å². The number of aliphatic hydroxyl groups excluding tert-OH is 1. The Morgan fingerprint density at radius 3 is 2.17 bits per heavy atom. The summed E-state index contributed by atoms with van der Waals surface area (Å²) >= 11 is 0. The molecule has 2 aliphatic rings. The molecule has 2 heterocycles. The van der Waals surface area contributed by atoms with Gasteiger partial charge in [0.05, 0.1) is 11.1 Å². The minimum atomic E-state index is -0.180. The molecule has 6 nitrogen and oxygen atoms in total. The van der Waals surface area contributed by atoms with Gasteiger partial charge in [-0.25, -0.2) is 9.98 Å². The van der Waals surface area contributed by atoms with Gasteiger partial charge in [0, 0.05) is 36.6 Å². The van der Waals surface area contributed by atoms with E-state index in [-0.39, 0.29) is 11.5 Å². The molecule has 0 unspecified atom stereocenters. The number of ketones is 1. The number of amidine groups is 1. The lowest BCUT2D eigenvalue weighted by atomic mass is 9.81. The molecule has 2 N–H and O–H groups in total. The number of nitrogens with zero attached hydrogens (tertiary/aromatic N) is 3. The Hall–Kier alpha value is -3.02. The number of rotatable bonds is 16. The number of nitrogens with one attached hydrogen (secondary N) is 1. The largest absolute Gasteiger partial charge is 0.506 e. The second-order valence-corrected chi connectivity index (χ2v) is 9.61. The summed E-state index contributed by atoms with van der Waals surface area (Å²) in [6, 6.07) is 3.69. The highest BCUT2D eigenvalue weighted by Gasteiger charge is 2.36. The van der Waals surface area contributed by atoms with Crippen LogP contribution in [0.3, 0.4) is 0 Å². The van der Waals surface area contributed by atoms with Crippen molar-refractivity contribution in [1.29, 1.82) is 0 Å². The fourth-order valence-corrected chi connectivity index (χ4v) is 4.42. The van der Waals surface area contributed by atoms with Gasteiger partial charge in [0.1, 0.15) is 17.4 Å². The number of aromatic nitrogens is 1. The maximum Gasteiger partial charge on any atom is 0.201 e. The Kier molecular flexibility index (Phi) is 11.6. The molecule has 3 rings (SSSR count). The summed E-state index contributed by atoms with van der Waals surface area (Å²) in [7, 11) is 0. The van der Waals surface area contributed by atoms with E-state index in [1.807, 2.05) is 18.2 Å². The van der Waals surface area contributed by atoms with Crippen molar-refractivity contribution < 1.29 is 9.90 Å². The SMILES string of the molecule is CCCCCCCC/N=C1C=C/C(=C2/C(=O)C(c3ccc(NCCCCCCCC)nc3)=C2O)C=N\1. The number of carbonyl (C=O) groups excluding carboxylic acids is 1. The van der Waals surface area contributed by atoms with Crippen LogP contribution >= 0.6 is 0 Å². The lowest BCUT2D eigenvalue weighted by Gasteiger charge is -2.23. The van der Waals surface area contributed by atoms with Crippen LogP contribution in [0.1, 0.15) is 96.5 Å². The molecule has 1 aromatic heterocycles. The maximum atomic E-state index is 12.8. The van der Waals surface area contributed by atoms with Crippen LogP contribution in [0.5, 0.6) is 0 Å². The Bertz CT molecular complexity index is 998. The van der Waals surface area contributed by atoms with Crippen molar-refractivity contribution in [3.63, 3.8) is 0 Å². The van der Waals surface area contributed by atoms with Crippen LogP contribution < -0.4 is 5.32 Å². The predicted molar refractivity (Wildman–Crippen MR) is 151 cm³/mol. The molecule has 6 heteroatoms. The van der Waals surface area contributed by atoms with Crippen LogP contribution in [0, 0.1) is 0 Å². The smallest absolute Gasteiger partial charge is 0.201 e. The average molecular weight is 491 g/mol. The number of anilines is 1. The molecule has 0 atom stereocenters. The number of carbonyl (C=O) groups is 1. The number of aliphatic hydroxyl groups is 1. The number of dihydropyridines is 1. The van der Waals surface area contributed by atoms with Crippen LogP contribution in [-0.4, -0.2) is 41.0 Å². The van der Waals surface area contributed by atoms with Crippen molar-refractivity contribution in [2.45, 2.75) is 90.9 Å². The predicted octanol–water partition coefficient (Wildman–Crippen LogP) is 7.40. The van der Waals surface area contributed by atoms with Crippen molar-refractivity contribution in [1.82, 2.24) is 4.98 Å². The summed E-state index contributed by atoms with van der Waals surface area (Å²) in [6.07, 6.45) is 21.8. The number of aliphatic imine (C=N–C) groups is 2. The van der Waals surface area contributed by atoms with E-state index in [2.05, 4.69) is 34.1 Å². The van der Waals surface area contributed by atoms with Gasteiger partial charge >= 0.3 is 0 Å². The van der Waals surface area contributed by atoms with Gasteiger partial charge in [-0.05, 0) is 37.1 Å². The zero-order chi connectivity index (χ0) is 25.6. The van der Waals surface area contributed by atoms with E-state index >= 15 is 0 Å². The Labute approximate surface area is 216 Å². The van der Waals surface area contributed by atoms with E-state index in [1.54, 1.807) is 18.5 Å². The molecular weight excluding hydrogens is 448 g/mol. The first-order valence-corrected chi connectivity index (χ1v) is 13.8. The Morgan fingerprint density at radius 2 is 1.56 bits per heavy atom. The molecule has 0 amide bonds. The number of allylic oxidation sites excluding steroid dienone is 4. The van der Waals surface area contributed by atoms with Gasteiger partial charge in [-0.1, -0.05) is 78.1 Å². The van der Waals surface area contributed by atoms with Crippen molar-refractivity contribution in [3.05, 3.63) is 53.0 Å². The lowest BCUT2D eigenvalue weighted by Crippen LogP contribution is -2.23. The fourth-order valence-electron chi connectivity index (χ4n) is 4.42. The van der Waals surface area contributed by atoms with Gasteiger partial charge in [0.15, 0.2) is 0 Å². The van der Waals surface area contributed by atoms with Gasteiger partial charge in [0.25, 0.3) is 0 Å². The normalized spacial score (nSPS) is 18.3. The summed E-state index contributed by atoms with van der Waals surface area (Å²) in [5.74, 6) is 1.28. The first kappa shape index (κ1) is 27.6. The molecule has 0 saturated heterocycles. The summed E-state index contributed by atoms with van der Waals surface area (Å²) < 4.78 is 0. The van der Waals surface area contributed by atoms with E-state index in [0.29, 0.717) is 28.1 Å². The molecule has 1 aromatic rings.